The van der Waals surface area contributed by atoms with Gasteiger partial charge in [0.25, 0.3) is 0 Å². The van der Waals surface area contributed by atoms with Gasteiger partial charge in [0, 0.05) is 43.0 Å². The predicted molar refractivity (Wildman–Crippen MR) is 121 cm³/mol. The van der Waals surface area contributed by atoms with Gasteiger partial charge in [-0.15, -0.1) is 24.5 Å². The number of hydrogen-bond acceptors (Lipinski definition) is 6. The number of nitrogens with one attached hydrogen (secondary N) is 3. The molecule has 2 aromatic rings. The summed E-state index contributed by atoms with van der Waals surface area (Å²) in [7, 11) is 0. The maximum absolute atomic E-state index is 12.4. The van der Waals surface area contributed by atoms with E-state index in [1.807, 2.05) is 17.5 Å². The SMILES string of the molecule is O=C(CC[C@@H]1CNC(=O)[C@@H]2C[C@H](NCc3ccc(OC(F)(F)F)cc3)CN12)NCc1cccs1. The van der Waals surface area contributed by atoms with Gasteiger partial charge in [-0.05, 0) is 42.0 Å². The minimum atomic E-state index is -4.71. The largest absolute Gasteiger partial charge is 0.573 e. The highest BCUT2D eigenvalue weighted by Gasteiger charge is 2.43. The molecule has 0 aliphatic carbocycles. The molecule has 184 valence electrons. The van der Waals surface area contributed by atoms with Crippen molar-refractivity contribution in [2.45, 2.75) is 56.8 Å². The number of carbonyl (C=O) groups excluding carboxylic acids is 2. The number of thiophene rings is 1. The molecule has 3 N–H and O–H groups in total. The average Bonchev–Trinajstić information content (AvgIpc) is 3.46. The fourth-order valence-electron chi connectivity index (χ4n) is 4.45. The van der Waals surface area contributed by atoms with Gasteiger partial charge in [0.2, 0.25) is 11.8 Å². The van der Waals surface area contributed by atoms with Gasteiger partial charge in [0.1, 0.15) is 5.75 Å². The molecule has 2 aliphatic rings. The van der Waals surface area contributed by atoms with Gasteiger partial charge in [0.15, 0.2) is 0 Å². The van der Waals surface area contributed by atoms with Crippen LogP contribution >= 0.6 is 11.3 Å². The van der Waals surface area contributed by atoms with Crippen LogP contribution in [-0.2, 0) is 22.7 Å². The van der Waals surface area contributed by atoms with Crippen LogP contribution in [0, 0.1) is 0 Å². The van der Waals surface area contributed by atoms with E-state index in [0.29, 0.717) is 45.4 Å². The van der Waals surface area contributed by atoms with E-state index in [4.69, 9.17) is 0 Å². The highest BCUT2D eigenvalue weighted by atomic mass is 32.1. The molecule has 2 aliphatic heterocycles. The van der Waals surface area contributed by atoms with Gasteiger partial charge in [-0.2, -0.15) is 0 Å². The molecule has 34 heavy (non-hydrogen) atoms. The molecule has 0 bridgehead atoms. The summed E-state index contributed by atoms with van der Waals surface area (Å²) in [5.74, 6) is -0.266. The lowest BCUT2D eigenvalue weighted by molar-refractivity contribution is -0.274. The van der Waals surface area contributed by atoms with Crippen molar-refractivity contribution in [2.24, 2.45) is 0 Å². The number of piperazine rings is 1. The second kappa shape index (κ2) is 10.7. The zero-order valence-electron chi connectivity index (χ0n) is 18.4. The summed E-state index contributed by atoms with van der Waals surface area (Å²) in [6, 6.07) is 9.58. The number of amides is 2. The highest BCUT2D eigenvalue weighted by molar-refractivity contribution is 7.09. The number of hydrogen-bond donors (Lipinski definition) is 3. The Labute approximate surface area is 199 Å². The van der Waals surface area contributed by atoms with Crippen LogP contribution in [0.1, 0.15) is 29.7 Å². The Hall–Kier alpha value is -2.63. The normalized spacial score (nSPS) is 22.8. The summed E-state index contributed by atoms with van der Waals surface area (Å²) in [5, 5.41) is 11.3. The molecular formula is C23H27F3N4O3S. The van der Waals surface area contributed by atoms with Crippen molar-refractivity contribution in [1.82, 2.24) is 20.9 Å². The summed E-state index contributed by atoms with van der Waals surface area (Å²) < 4.78 is 40.8. The van der Waals surface area contributed by atoms with Crippen LogP contribution in [0.3, 0.4) is 0 Å². The van der Waals surface area contributed by atoms with Gasteiger partial charge in [-0.3, -0.25) is 14.5 Å². The van der Waals surface area contributed by atoms with E-state index >= 15 is 0 Å². The zero-order chi connectivity index (χ0) is 24.1. The molecule has 1 aromatic heterocycles. The number of nitrogens with zero attached hydrogens (tertiary/aromatic N) is 1. The molecule has 2 saturated heterocycles. The Bertz CT molecular complexity index is 969. The van der Waals surface area contributed by atoms with Crippen molar-refractivity contribution in [3.8, 4) is 5.75 Å². The van der Waals surface area contributed by atoms with E-state index in [-0.39, 0.29) is 35.7 Å². The van der Waals surface area contributed by atoms with E-state index in [1.54, 1.807) is 23.5 Å². The van der Waals surface area contributed by atoms with Crippen LogP contribution < -0.4 is 20.7 Å². The second-order valence-corrected chi connectivity index (χ2v) is 9.54. The predicted octanol–water partition coefficient (Wildman–Crippen LogP) is 2.77. The van der Waals surface area contributed by atoms with Crippen molar-refractivity contribution in [1.29, 1.82) is 0 Å². The molecular weight excluding hydrogens is 469 g/mol. The Morgan fingerprint density at radius 3 is 2.71 bits per heavy atom. The van der Waals surface area contributed by atoms with Crippen LogP contribution in [0.15, 0.2) is 41.8 Å². The van der Waals surface area contributed by atoms with Crippen LogP contribution in [0.5, 0.6) is 5.75 Å². The van der Waals surface area contributed by atoms with E-state index in [0.717, 1.165) is 10.4 Å². The number of halogens is 3. The van der Waals surface area contributed by atoms with Gasteiger partial charge in [0.05, 0.1) is 12.6 Å². The Morgan fingerprint density at radius 2 is 2.00 bits per heavy atom. The number of ether oxygens (including phenoxy) is 1. The minimum absolute atomic E-state index is 0.00338. The molecule has 0 saturated carbocycles. The molecule has 2 amide bonds. The van der Waals surface area contributed by atoms with Gasteiger partial charge in [-0.25, -0.2) is 0 Å². The van der Waals surface area contributed by atoms with E-state index in [1.165, 1.54) is 12.1 Å². The van der Waals surface area contributed by atoms with E-state index in [9.17, 15) is 22.8 Å². The number of alkyl halides is 3. The summed E-state index contributed by atoms with van der Waals surface area (Å²) >= 11 is 1.60. The molecule has 11 heteroatoms. The van der Waals surface area contributed by atoms with Crippen molar-refractivity contribution in [3.05, 3.63) is 52.2 Å². The molecule has 0 radical (unpaired) electrons. The maximum atomic E-state index is 12.4. The van der Waals surface area contributed by atoms with Crippen LogP contribution in [0.4, 0.5) is 13.2 Å². The molecule has 4 rings (SSSR count). The Balaban J connectivity index is 1.24. The third-order valence-electron chi connectivity index (χ3n) is 6.12. The first-order chi connectivity index (χ1) is 16.3. The second-order valence-electron chi connectivity index (χ2n) is 8.51. The number of rotatable bonds is 9. The van der Waals surface area contributed by atoms with Crippen molar-refractivity contribution >= 4 is 23.2 Å². The topological polar surface area (TPSA) is 82.7 Å². The van der Waals surface area contributed by atoms with Gasteiger partial charge >= 0.3 is 6.36 Å². The number of benzene rings is 1. The molecule has 3 atom stereocenters. The Morgan fingerprint density at radius 1 is 1.21 bits per heavy atom. The molecule has 1 aromatic carbocycles. The van der Waals surface area contributed by atoms with E-state index < -0.39 is 6.36 Å². The molecule has 0 spiro atoms. The monoisotopic (exact) mass is 496 g/mol. The molecule has 2 fully saturated rings. The quantitative estimate of drug-likeness (QED) is 0.498. The number of fused-ring (bicyclic) bond motifs is 1. The zero-order valence-corrected chi connectivity index (χ0v) is 19.3. The van der Waals surface area contributed by atoms with Crippen molar-refractivity contribution in [2.75, 3.05) is 13.1 Å². The van der Waals surface area contributed by atoms with Crippen LogP contribution in [0.25, 0.3) is 0 Å². The first-order valence-electron chi connectivity index (χ1n) is 11.2. The summed E-state index contributed by atoms with van der Waals surface area (Å²) in [5.41, 5.74) is 0.822. The van der Waals surface area contributed by atoms with Crippen molar-refractivity contribution < 1.29 is 27.5 Å². The first-order valence-corrected chi connectivity index (χ1v) is 12.1. The van der Waals surface area contributed by atoms with Crippen LogP contribution in [-0.4, -0.2) is 54.3 Å². The third kappa shape index (κ3) is 6.71. The fourth-order valence-corrected chi connectivity index (χ4v) is 5.09. The lowest BCUT2D eigenvalue weighted by Gasteiger charge is -2.37. The molecule has 7 nitrogen and oxygen atoms in total. The Kier molecular flexibility index (Phi) is 7.74. The summed E-state index contributed by atoms with van der Waals surface area (Å²) in [6.45, 7) is 2.18. The fraction of sp³-hybridized carbons (Fsp3) is 0.478. The van der Waals surface area contributed by atoms with Gasteiger partial charge < -0.3 is 20.7 Å². The lowest BCUT2D eigenvalue weighted by atomic mass is 10.0. The minimum Gasteiger partial charge on any atom is -0.406 e. The smallest absolute Gasteiger partial charge is 0.406 e. The van der Waals surface area contributed by atoms with E-state index in [2.05, 4.69) is 25.6 Å². The molecule has 3 heterocycles. The highest BCUT2D eigenvalue weighted by Crippen LogP contribution is 2.27. The summed E-state index contributed by atoms with van der Waals surface area (Å²) in [4.78, 5) is 27.9. The van der Waals surface area contributed by atoms with Crippen LogP contribution in [0.2, 0.25) is 0 Å². The molecule has 0 unspecified atom stereocenters. The maximum Gasteiger partial charge on any atom is 0.573 e. The first kappa shape index (κ1) is 24.5. The van der Waals surface area contributed by atoms with Crippen molar-refractivity contribution in [3.63, 3.8) is 0 Å². The third-order valence-corrected chi connectivity index (χ3v) is 7.00. The van der Waals surface area contributed by atoms with Gasteiger partial charge in [-0.1, -0.05) is 18.2 Å². The average molecular weight is 497 g/mol. The lowest BCUT2D eigenvalue weighted by Crippen LogP contribution is -2.58. The number of carbonyl (C=O) groups is 2. The summed E-state index contributed by atoms with van der Waals surface area (Å²) in [6.07, 6.45) is -3.03. The standard InChI is InChI=1S/C23H27F3N4O3S/c24-23(25,26)33-18-6-3-15(4-7-18)11-27-16-10-20-22(32)29-12-17(30(20)14-16)5-8-21(31)28-13-19-2-1-9-34-19/h1-4,6-7,9,16-17,20,27H,5,8,10-14H2,(H,28,31)(H,29,32)/t16-,17+,20-/m0/s1.